The third kappa shape index (κ3) is 4.24. The van der Waals surface area contributed by atoms with Gasteiger partial charge in [0.15, 0.2) is 0 Å². The van der Waals surface area contributed by atoms with Crippen molar-refractivity contribution in [3.63, 3.8) is 0 Å². The monoisotopic (exact) mass is 357 g/mol. The highest BCUT2D eigenvalue weighted by molar-refractivity contribution is 9.10. The lowest BCUT2D eigenvalue weighted by Crippen LogP contribution is -2.20. The van der Waals surface area contributed by atoms with Crippen LogP contribution in [0.5, 0.6) is 0 Å². The summed E-state index contributed by atoms with van der Waals surface area (Å²) in [7, 11) is 0. The van der Waals surface area contributed by atoms with Crippen LogP contribution in [0.1, 0.15) is 29.6 Å². The SMILES string of the molecule is O=C(CC1CCSCC1)Nc1cc(C(=O)O)ccc1Br. The molecule has 4 nitrogen and oxygen atoms in total. The molecule has 20 heavy (non-hydrogen) atoms. The van der Waals surface area contributed by atoms with Gasteiger partial charge >= 0.3 is 5.97 Å². The van der Waals surface area contributed by atoms with Gasteiger partial charge in [-0.2, -0.15) is 11.8 Å². The number of hydrogen-bond acceptors (Lipinski definition) is 3. The minimum atomic E-state index is -1.00. The molecule has 0 saturated carbocycles. The van der Waals surface area contributed by atoms with Crippen molar-refractivity contribution in [2.75, 3.05) is 16.8 Å². The third-order valence-electron chi connectivity index (χ3n) is 3.30. The molecule has 1 aromatic rings. The minimum absolute atomic E-state index is 0.0508. The average molecular weight is 358 g/mol. The Balaban J connectivity index is 1.99. The fourth-order valence-electron chi connectivity index (χ4n) is 2.17. The molecule has 1 fully saturated rings. The largest absolute Gasteiger partial charge is 0.478 e. The second-order valence-electron chi connectivity index (χ2n) is 4.81. The van der Waals surface area contributed by atoms with E-state index in [1.807, 2.05) is 11.8 Å². The van der Waals surface area contributed by atoms with Crippen LogP contribution in [-0.4, -0.2) is 28.5 Å². The Hall–Kier alpha value is -1.01. The van der Waals surface area contributed by atoms with E-state index in [0.29, 0.717) is 22.5 Å². The molecule has 0 aliphatic carbocycles. The van der Waals surface area contributed by atoms with Crippen molar-refractivity contribution < 1.29 is 14.7 Å². The molecule has 1 heterocycles. The van der Waals surface area contributed by atoms with Crippen LogP contribution in [0.25, 0.3) is 0 Å². The number of thioether (sulfide) groups is 1. The molecule has 1 amide bonds. The number of hydrogen-bond donors (Lipinski definition) is 2. The summed E-state index contributed by atoms with van der Waals surface area (Å²) in [6.07, 6.45) is 2.66. The van der Waals surface area contributed by atoms with E-state index in [9.17, 15) is 9.59 Å². The fraction of sp³-hybridized carbons (Fsp3) is 0.429. The lowest BCUT2D eigenvalue weighted by atomic mass is 9.98. The highest BCUT2D eigenvalue weighted by Gasteiger charge is 2.18. The molecule has 0 unspecified atom stereocenters. The molecule has 0 spiro atoms. The van der Waals surface area contributed by atoms with Gasteiger partial charge in [0.05, 0.1) is 11.3 Å². The van der Waals surface area contributed by atoms with E-state index in [-0.39, 0.29) is 11.5 Å². The van der Waals surface area contributed by atoms with Crippen LogP contribution < -0.4 is 5.32 Å². The van der Waals surface area contributed by atoms with Gasteiger partial charge in [-0.05, 0) is 64.4 Å². The van der Waals surface area contributed by atoms with E-state index in [1.165, 1.54) is 12.1 Å². The first-order valence-corrected chi connectivity index (χ1v) is 8.41. The van der Waals surface area contributed by atoms with Gasteiger partial charge < -0.3 is 10.4 Å². The number of carboxylic acid groups (broad SMARTS) is 1. The quantitative estimate of drug-likeness (QED) is 0.863. The lowest BCUT2D eigenvalue weighted by molar-refractivity contribution is -0.117. The van der Waals surface area contributed by atoms with Crippen LogP contribution >= 0.6 is 27.7 Å². The lowest BCUT2D eigenvalue weighted by Gasteiger charge is -2.20. The minimum Gasteiger partial charge on any atom is -0.478 e. The van der Waals surface area contributed by atoms with Crippen molar-refractivity contribution in [3.05, 3.63) is 28.2 Å². The molecule has 0 radical (unpaired) electrons. The van der Waals surface area contributed by atoms with Gasteiger partial charge in [0.2, 0.25) is 5.91 Å². The van der Waals surface area contributed by atoms with E-state index in [0.717, 1.165) is 24.3 Å². The fourth-order valence-corrected chi connectivity index (χ4v) is 3.72. The van der Waals surface area contributed by atoms with Crippen molar-refractivity contribution in [1.29, 1.82) is 0 Å². The molecule has 2 rings (SSSR count). The van der Waals surface area contributed by atoms with Crippen molar-refractivity contribution in [2.24, 2.45) is 5.92 Å². The van der Waals surface area contributed by atoms with Gasteiger partial charge in [0.1, 0.15) is 0 Å². The molecule has 0 bridgehead atoms. The number of carbonyl (C=O) groups excluding carboxylic acids is 1. The number of aromatic carboxylic acids is 1. The summed E-state index contributed by atoms with van der Waals surface area (Å²) in [4.78, 5) is 23.0. The highest BCUT2D eigenvalue weighted by Crippen LogP contribution is 2.27. The molecule has 0 atom stereocenters. The zero-order chi connectivity index (χ0) is 14.5. The van der Waals surface area contributed by atoms with Crippen molar-refractivity contribution >= 4 is 45.3 Å². The van der Waals surface area contributed by atoms with Gasteiger partial charge in [0.25, 0.3) is 0 Å². The van der Waals surface area contributed by atoms with E-state index >= 15 is 0 Å². The number of carboxylic acids is 1. The maximum atomic E-state index is 12.0. The first-order chi connectivity index (χ1) is 9.56. The summed E-state index contributed by atoms with van der Waals surface area (Å²) in [6.45, 7) is 0. The Morgan fingerprint density at radius 3 is 2.70 bits per heavy atom. The number of rotatable bonds is 4. The number of halogens is 1. The van der Waals surface area contributed by atoms with E-state index in [4.69, 9.17) is 5.11 Å². The summed E-state index contributed by atoms with van der Waals surface area (Å²) in [5, 5.41) is 11.8. The van der Waals surface area contributed by atoms with Gasteiger partial charge in [-0.3, -0.25) is 4.79 Å². The van der Waals surface area contributed by atoms with Crippen LogP contribution in [0.15, 0.2) is 22.7 Å². The van der Waals surface area contributed by atoms with Crippen LogP contribution in [0.3, 0.4) is 0 Å². The van der Waals surface area contributed by atoms with Crippen LogP contribution in [0, 0.1) is 5.92 Å². The summed E-state index contributed by atoms with van der Waals surface area (Å²) >= 11 is 5.26. The Kier molecular flexibility index (Phi) is 5.48. The zero-order valence-electron chi connectivity index (χ0n) is 10.9. The number of nitrogens with one attached hydrogen (secondary N) is 1. The third-order valence-corrected chi connectivity index (χ3v) is 5.04. The molecule has 1 aliphatic rings. The predicted octanol–water partition coefficient (Wildman–Crippen LogP) is 3.62. The number of amides is 1. The van der Waals surface area contributed by atoms with Crippen LogP contribution in [-0.2, 0) is 4.79 Å². The maximum absolute atomic E-state index is 12.0. The molecule has 6 heteroatoms. The molecular formula is C14H16BrNO3S. The summed E-state index contributed by atoms with van der Waals surface area (Å²) in [5.74, 6) is 1.63. The van der Waals surface area contributed by atoms with Gasteiger partial charge in [-0.1, -0.05) is 0 Å². The predicted molar refractivity (Wildman–Crippen MR) is 84.4 cm³/mol. The van der Waals surface area contributed by atoms with E-state index in [2.05, 4.69) is 21.2 Å². The molecule has 2 N–H and O–H groups in total. The molecule has 1 aliphatic heterocycles. The van der Waals surface area contributed by atoms with Crippen molar-refractivity contribution in [1.82, 2.24) is 0 Å². The Morgan fingerprint density at radius 2 is 2.05 bits per heavy atom. The van der Waals surface area contributed by atoms with E-state index in [1.54, 1.807) is 6.07 Å². The Morgan fingerprint density at radius 1 is 1.35 bits per heavy atom. The normalized spacial score (nSPS) is 15.8. The summed E-state index contributed by atoms with van der Waals surface area (Å²) < 4.78 is 0.690. The maximum Gasteiger partial charge on any atom is 0.335 e. The number of carbonyl (C=O) groups is 2. The smallest absolute Gasteiger partial charge is 0.335 e. The molecule has 1 aromatic carbocycles. The molecular weight excluding hydrogens is 342 g/mol. The van der Waals surface area contributed by atoms with Gasteiger partial charge in [0, 0.05) is 10.9 Å². The highest BCUT2D eigenvalue weighted by atomic mass is 79.9. The molecule has 108 valence electrons. The number of anilines is 1. The van der Waals surface area contributed by atoms with Crippen molar-refractivity contribution in [3.8, 4) is 0 Å². The van der Waals surface area contributed by atoms with Crippen molar-refractivity contribution in [2.45, 2.75) is 19.3 Å². The van der Waals surface area contributed by atoms with Gasteiger partial charge in [-0.25, -0.2) is 4.79 Å². The Labute approximate surface area is 130 Å². The first-order valence-electron chi connectivity index (χ1n) is 6.46. The molecule has 1 saturated heterocycles. The summed E-state index contributed by atoms with van der Waals surface area (Å²) in [5.41, 5.74) is 0.678. The first kappa shape index (κ1) is 15.4. The standard InChI is InChI=1S/C14H16BrNO3S/c15-11-2-1-10(14(18)19)8-12(11)16-13(17)7-9-3-5-20-6-4-9/h1-2,8-9H,3-7H2,(H,16,17)(H,18,19). The second-order valence-corrected chi connectivity index (χ2v) is 6.89. The second kappa shape index (κ2) is 7.13. The number of benzene rings is 1. The van der Waals surface area contributed by atoms with Crippen LogP contribution in [0.2, 0.25) is 0 Å². The van der Waals surface area contributed by atoms with E-state index < -0.39 is 5.97 Å². The molecule has 0 aromatic heterocycles. The van der Waals surface area contributed by atoms with Gasteiger partial charge in [-0.15, -0.1) is 0 Å². The van der Waals surface area contributed by atoms with Crippen LogP contribution in [0.4, 0.5) is 5.69 Å². The summed E-state index contributed by atoms with van der Waals surface area (Å²) in [6, 6.07) is 4.61. The zero-order valence-corrected chi connectivity index (χ0v) is 13.3. The average Bonchev–Trinajstić information content (AvgIpc) is 2.42. The topological polar surface area (TPSA) is 66.4 Å². The Bertz CT molecular complexity index is 515.